The summed E-state index contributed by atoms with van der Waals surface area (Å²) in [6.45, 7) is 9.66. The van der Waals surface area contributed by atoms with E-state index < -0.39 is 16.1 Å². The van der Waals surface area contributed by atoms with Gasteiger partial charge in [0.05, 0.1) is 17.1 Å². The van der Waals surface area contributed by atoms with Crippen LogP contribution in [0.2, 0.25) is 0 Å². The van der Waals surface area contributed by atoms with Crippen LogP contribution in [0.1, 0.15) is 31.9 Å². The van der Waals surface area contributed by atoms with Crippen molar-refractivity contribution in [3.63, 3.8) is 0 Å². The number of anilines is 1. The Balaban J connectivity index is 1.99. The predicted octanol–water partition coefficient (Wildman–Crippen LogP) is 3.42. The minimum absolute atomic E-state index is 0.0485. The van der Waals surface area contributed by atoms with Gasteiger partial charge in [-0.1, -0.05) is 37.6 Å². The number of aryl methyl sites for hydroxylation is 2. The monoisotopic (exact) mass is 416 g/mol. The summed E-state index contributed by atoms with van der Waals surface area (Å²) in [4.78, 5) is 13.0. The van der Waals surface area contributed by atoms with E-state index in [2.05, 4.69) is 5.32 Å². The molecular formula is C22H28N2O4S. The SMILES string of the molecule is Cc1ccc(S(=O)(=O)N2CC(C(=O)NC(C)C(C)C)Oc3ccc(C)cc32)cc1. The fourth-order valence-electron chi connectivity index (χ4n) is 3.05. The summed E-state index contributed by atoms with van der Waals surface area (Å²) in [5.74, 6) is 0.321. The maximum Gasteiger partial charge on any atom is 0.264 e. The van der Waals surface area contributed by atoms with Crippen molar-refractivity contribution in [2.45, 2.75) is 51.7 Å². The summed E-state index contributed by atoms with van der Waals surface area (Å²) in [5, 5.41) is 2.93. The normalized spacial score (nSPS) is 17.4. The number of amides is 1. The van der Waals surface area contributed by atoms with Crippen LogP contribution < -0.4 is 14.4 Å². The third kappa shape index (κ3) is 4.40. The van der Waals surface area contributed by atoms with Crippen LogP contribution in [-0.4, -0.2) is 33.0 Å². The smallest absolute Gasteiger partial charge is 0.264 e. The van der Waals surface area contributed by atoms with Crippen LogP contribution in [0.4, 0.5) is 5.69 Å². The van der Waals surface area contributed by atoms with Crippen molar-refractivity contribution in [2.75, 3.05) is 10.8 Å². The molecule has 3 rings (SSSR count). The number of rotatable bonds is 5. The highest BCUT2D eigenvalue weighted by molar-refractivity contribution is 7.92. The average Bonchev–Trinajstić information content (AvgIpc) is 2.67. The summed E-state index contributed by atoms with van der Waals surface area (Å²) in [6, 6.07) is 12.0. The summed E-state index contributed by atoms with van der Waals surface area (Å²) in [6.07, 6.45) is -0.924. The van der Waals surface area contributed by atoms with Crippen LogP contribution in [0.3, 0.4) is 0 Å². The van der Waals surface area contributed by atoms with Crippen molar-refractivity contribution >= 4 is 21.6 Å². The molecule has 0 fully saturated rings. The molecule has 1 aliphatic rings. The maximum atomic E-state index is 13.4. The lowest BCUT2D eigenvalue weighted by atomic mass is 10.1. The summed E-state index contributed by atoms with van der Waals surface area (Å²) < 4.78 is 34.0. The molecule has 0 radical (unpaired) electrons. The zero-order valence-corrected chi connectivity index (χ0v) is 18.3. The van der Waals surface area contributed by atoms with Crippen LogP contribution in [0.5, 0.6) is 5.75 Å². The molecule has 0 saturated heterocycles. The standard InChI is InChI=1S/C22H28N2O4S/c1-14(2)17(5)23-22(25)21-13-24(19-12-16(4)8-11-20(19)28-21)29(26,27)18-9-6-15(3)7-10-18/h6-12,14,17,21H,13H2,1-5H3,(H,23,25). The lowest BCUT2D eigenvalue weighted by Crippen LogP contribution is -2.52. The van der Waals surface area contributed by atoms with Crippen LogP contribution >= 0.6 is 0 Å². The first-order valence-electron chi connectivity index (χ1n) is 9.76. The molecule has 6 nitrogen and oxygen atoms in total. The Morgan fingerprint density at radius 2 is 1.69 bits per heavy atom. The molecule has 0 aliphatic carbocycles. The fourth-order valence-corrected chi connectivity index (χ4v) is 4.51. The molecule has 29 heavy (non-hydrogen) atoms. The predicted molar refractivity (Wildman–Crippen MR) is 114 cm³/mol. The Morgan fingerprint density at radius 1 is 1.07 bits per heavy atom. The van der Waals surface area contributed by atoms with E-state index in [0.717, 1.165) is 11.1 Å². The summed E-state index contributed by atoms with van der Waals surface area (Å²) in [7, 11) is -3.85. The second-order valence-electron chi connectivity index (χ2n) is 7.97. The molecule has 0 spiro atoms. The van der Waals surface area contributed by atoms with Gasteiger partial charge in [-0.2, -0.15) is 0 Å². The molecule has 1 amide bonds. The molecule has 0 saturated carbocycles. The van der Waals surface area contributed by atoms with E-state index in [1.54, 1.807) is 36.4 Å². The van der Waals surface area contributed by atoms with Crippen molar-refractivity contribution in [1.82, 2.24) is 5.32 Å². The van der Waals surface area contributed by atoms with E-state index >= 15 is 0 Å². The highest BCUT2D eigenvalue weighted by atomic mass is 32.2. The molecule has 2 aromatic rings. The number of carbonyl (C=O) groups is 1. The molecule has 1 N–H and O–H groups in total. The lowest BCUT2D eigenvalue weighted by Gasteiger charge is -2.35. The first-order valence-corrected chi connectivity index (χ1v) is 11.2. The largest absolute Gasteiger partial charge is 0.476 e. The number of sulfonamides is 1. The van der Waals surface area contributed by atoms with E-state index in [0.29, 0.717) is 11.4 Å². The van der Waals surface area contributed by atoms with E-state index in [4.69, 9.17) is 4.74 Å². The number of nitrogens with one attached hydrogen (secondary N) is 1. The topological polar surface area (TPSA) is 75.7 Å². The molecule has 2 unspecified atom stereocenters. The van der Waals surface area contributed by atoms with Gasteiger partial charge >= 0.3 is 0 Å². The molecule has 2 atom stereocenters. The molecule has 156 valence electrons. The molecule has 7 heteroatoms. The number of carbonyl (C=O) groups excluding carboxylic acids is 1. The number of ether oxygens (including phenoxy) is 1. The minimum Gasteiger partial charge on any atom is -0.476 e. The average molecular weight is 417 g/mol. The van der Waals surface area contributed by atoms with E-state index in [-0.39, 0.29) is 29.3 Å². The summed E-state index contributed by atoms with van der Waals surface area (Å²) in [5.41, 5.74) is 2.33. The minimum atomic E-state index is -3.85. The van der Waals surface area contributed by atoms with Crippen LogP contribution in [0.25, 0.3) is 0 Å². The molecule has 0 bridgehead atoms. The molecular weight excluding hydrogens is 388 g/mol. The molecule has 2 aromatic carbocycles. The molecule has 1 heterocycles. The zero-order chi connectivity index (χ0) is 21.3. The highest BCUT2D eigenvalue weighted by Crippen LogP contribution is 2.37. The number of hydrogen-bond acceptors (Lipinski definition) is 4. The second-order valence-corrected chi connectivity index (χ2v) is 9.83. The molecule has 0 aromatic heterocycles. The van der Waals surface area contributed by atoms with Gasteiger partial charge in [0.25, 0.3) is 15.9 Å². The van der Waals surface area contributed by atoms with Crippen LogP contribution in [0, 0.1) is 19.8 Å². The van der Waals surface area contributed by atoms with Crippen molar-refractivity contribution in [1.29, 1.82) is 0 Å². The third-order valence-electron chi connectivity index (χ3n) is 5.26. The maximum absolute atomic E-state index is 13.4. The quantitative estimate of drug-likeness (QED) is 0.810. The zero-order valence-electron chi connectivity index (χ0n) is 17.5. The Morgan fingerprint density at radius 3 is 2.31 bits per heavy atom. The van der Waals surface area contributed by atoms with Gasteiger partial charge < -0.3 is 10.1 Å². The van der Waals surface area contributed by atoms with Gasteiger partial charge in [0, 0.05) is 6.04 Å². The first kappa shape index (κ1) is 21.2. The van der Waals surface area contributed by atoms with E-state index in [9.17, 15) is 13.2 Å². The third-order valence-corrected chi connectivity index (χ3v) is 7.05. The van der Waals surface area contributed by atoms with Crippen molar-refractivity contribution in [3.8, 4) is 5.75 Å². The van der Waals surface area contributed by atoms with Gasteiger partial charge in [-0.15, -0.1) is 0 Å². The highest BCUT2D eigenvalue weighted by Gasteiger charge is 2.38. The Labute approximate surface area is 172 Å². The lowest BCUT2D eigenvalue weighted by molar-refractivity contribution is -0.128. The number of nitrogens with zero attached hydrogens (tertiary/aromatic N) is 1. The first-order chi connectivity index (χ1) is 13.6. The number of hydrogen-bond donors (Lipinski definition) is 1. The Hall–Kier alpha value is -2.54. The van der Waals surface area contributed by atoms with E-state index in [1.807, 2.05) is 40.7 Å². The van der Waals surface area contributed by atoms with Gasteiger partial charge in [0.15, 0.2) is 6.10 Å². The number of fused-ring (bicyclic) bond motifs is 1. The Kier molecular flexibility index (Phi) is 5.89. The Bertz CT molecular complexity index is 1000. The van der Waals surface area contributed by atoms with Gasteiger partial charge in [-0.3, -0.25) is 9.10 Å². The van der Waals surface area contributed by atoms with Crippen molar-refractivity contribution in [2.24, 2.45) is 5.92 Å². The second kappa shape index (κ2) is 8.06. The van der Waals surface area contributed by atoms with E-state index in [1.165, 1.54) is 4.31 Å². The fraction of sp³-hybridized carbons (Fsp3) is 0.409. The van der Waals surface area contributed by atoms with Gasteiger partial charge in [-0.05, 0) is 56.5 Å². The molecule has 1 aliphatic heterocycles. The number of benzene rings is 2. The van der Waals surface area contributed by atoms with Gasteiger partial charge in [0.2, 0.25) is 0 Å². The van der Waals surface area contributed by atoms with Gasteiger partial charge in [0.1, 0.15) is 5.75 Å². The van der Waals surface area contributed by atoms with Crippen LogP contribution in [-0.2, 0) is 14.8 Å². The van der Waals surface area contributed by atoms with Crippen molar-refractivity contribution in [3.05, 3.63) is 53.6 Å². The van der Waals surface area contributed by atoms with Crippen molar-refractivity contribution < 1.29 is 17.9 Å². The summed E-state index contributed by atoms with van der Waals surface area (Å²) >= 11 is 0. The van der Waals surface area contributed by atoms with Crippen LogP contribution in [0.15, 0.2) is 47.4 Å². The van der Waals surface area contributed by atoms with Gasteiger partial charge in [-0.25, -0.2) is 8.42 Å².